The molecule has 0 atom stereocenters. The topological polar surface area (TPSA) is 97.5 Å². The summed E-state index contributed by atoms with van der Waals surface area (Å²) < 4.78 is 23.2. The van der Waals surface area contributed by atoms with Crippen LogP contribution in [-0.4, -0.2) is 67.1 Å². The predicted molar refractivity (Wildman–Crippen MR) is 148 cm³/mol. The first-order chi connectivity index (χ1) is 18.9. The number of carbonyl (C=O) groups is 1. The van der Waals surface area contributed by atoms with Gasteiger partial charge < -0.3 is 28.7 Å². The van der Waals surface area contributed by atoms with Gasteiger partial charge in [-0.25, -0.2) is 4.79 Å². The second kappa shape index (κ2) is 12.2. The van der Waals surface area contributed by atoms with E-state index in [0.29, 0.717) is 38.0 Å². The second-order valence-electron chi connectivity index (χ2n) is 10.9. The molecular formula is C30H39N3O6. The number of aryl methyl sites for hydroxylation is 1. The minimum atomic E-state index is -0.821. The van der Waals surface area contributed by atoms with Gasteiger partial charge in [-0.05, 0) is 75.6 Å². The molecule has 5 rings (SSSR count). The number of amides is 1. The molecule has 2 heterocycles. The SMILES string of the molecule is COc1ccc(CN(C)Cc2c(OCC3CC3)ccc3c(CCC4CCN(C(=O)O)CC4)noc23)c(OC)c1. The van der Waals surface area contributed by atoms with E-state index in [0.717, 1.165) is 77.3 Å². The largest absolute Gasteiger partial charge is 0.497 e. The van der Waals surface area contributed by atoms with Crippen LogP contribution in [0.25, 0.3) is 11.0 Å². The highest BCUT2D eigenvalue weighted by molar-refractivity contribution is 5.84. The molecule has 0 spiro atoms. The molecule has 1 saturated heterocycles. The van der Waals surface area contributed by atoms with Crippen LogP contribution in [0.3, 0.4) is 0 Å². The molecule has 3 aromatic rings. The van der Waals surface area contributed by atoms with Gasteiger partial charge in [0.25, 0.3) is 0 Å². The number of fused-ring (bicyclic) bond motifs is 1. The molecule has 1 N–H and O–H groups in total. The first kappa shape index (κ1) is 27.1. The van der Waals surface area contributed by atoms with Crippen molar-refractivity contribution in [1.29, 1.82) is 0 Å². The lowest BCUT2D eigenvalue weighted by Crippen LogP contribution is -2.37. The molecule has 1 aliphatic carbocycles. The molecule has 2 aromatic carbocycles. The van der Waals surface area contributed by atoms with Crippen LogP contribution in [0.5, 0.6) is 17.2 Å². The smallest absolute Gasteiger partial charge is 0.407 e. The molecular weight excluding hydrogens is 498 g/mol. The molecule has 210 valence electrons. The summed E-state index contributed by atoms with van der Waals surface area (Å²) in [5, 5.41) is 14.7. The number of aromatic nitrogens is 1. The van der Waals surface area contributed by atoms with Crippen molar-refractivity contribution in [2.45, 2.75) is 51.6 Å². The van der Waals surface area contributed by atoms with Gasteiger partial charge in [0.15, 0.2) is 5.58 Å². The van der Waals surface area contributed by atoms with Crippen LogP contribution in [0.4, 0.5) is 4.79 Å². The number of nitrogens with zero attached hydrogens (tertiary/aromatic N) is 3. The van der Waals surface area contributed by atoms with Crippen molar-refractivity contribution >= 4 is 17.1 Å². The lowest BCUT2D eigenvalue weighted by molar-refractivity contribution is 0.123. The highest BCUT2D eigenvalue weighted by atomic mass is 16.5. The number of hydrogen-bond donors (Lipinski definition) is 1. The van der Waals surface area contributed by atoms with Crippen molar-refractivity contribution in [1.82, 2.24) is 15.0 Å². The molecule has 0 unspecified atom stereocenters. The fourth-order valence-corrected chi connectivity index (χ4v) is 5.40. The van der Waals surface area contributed by atoms with Gasteiger partial charge in [0, 0.05) is 43.2 Å². The van der Waals surface area contributed by atoms with Gasteiger partial charge in [0.05, 0.1) is 32.1 Å². The highest BCUT2D eigenvalue weighted by Gasteiger charge is 2.26. The summed E-state index contributed by atoms with van der Waals surface area (Å²) >= 11 is 0. The van der Waals surface area contributed by atoms with E-state index in [9.17, 15) is 9.90 Å². The Bertz CT molecular complexity index is 1280. The van der Waals surface area contributed by atoms with Crippen molar-refractivity contribution in [3.8, 4) is 17.2 Å². The van der Waals surface area contributed by atoms with E-state index < -0.39 is 6.09 Å². The minimum Gasteiger partial charge on any atom is -0.497 e. The maximum atomic E-state index is 11.2. The van der Waals surface area contributed by atoms with Gasteiger partial charge in [-0.15, -0.1) is 0 Å². The molecule has 1 saturated carbocycles. The van der Waals surface area contributed by atoms with E-state index >= 15 is 0 Å². The summed E-state index contributed by atoms with van der Waals surface area (Å²) in [5.74, 6) is 3.55. The van der Waals surface area contributed by atoms with Gasteiger partial charge in [0.2, 0.25) is 0 Å². The Morgan fingerprint density at radius 1 is 1.05 bits per heavy atom. The molecule has 39 heavy (non-hydrogen) atoms. The van der Waals surface area contributed by atoms with E-state index in [1.807, 2.05) is 18.2 Å². The predicted octanol–water partition coefficient (Wildman–Crippen LogP) is 5.59. The number of rotatable bonds is 12. The van der Waals surface area contributed by atoms with Gasteiger partial charge in [-0.2, -0.15) is 0 Å². The van der Waals surface area contributed by atoms with Crippen LogP contribution in [0.1, 0.15) is 48.9 Å². The number of piperidine rings is 1. The Morgan fingerprint density at radius 2 is 1.85 bits per heavy atom. The fourth-order valence-electron chi connectivity index (χ4n) is 5.40. The Kier molecular flexibility index (Phi) is 8.45. The standard InChI is InChI=1S/C30H39N3O6/c1-32(17-22-7-8-23(36-2)16-28(22)37-3)18-25-27(38-19-21-4-5-21)11-9-24-26(31-39-29(24)25)10-6-20-12-14-33(15-13-20)30(34)35/h7-9,11,16,20-21H,4-6,10,12-15,17-19H2,1-3H3,(H,34,35). The van der Waals surface area contributed by atoms with Gasteiger partial charge >= 0.3 is 6.09 Å². The maximum absolute atomic E-state index is 11.2. The lowest BCUT2D eigenvalue weighted by Gasteiger charge is -2.29. The van der Waals surface area contributed by atoms with Crippen LogP contribution >= 0.6 is 0 Å². The monoisotopic (exact) mass is 537 g/mol. The van der Waals surface area contributed by atoms with Crippen molar-refractivity contribution in [3.63, 3.8) is 0 Å². The molecule has 9 nitrogen and oxygen atoms in total. The number of methoxy groups -OCH3 is 2. The number of likely N-dealkylation sites (tertiary alicyclic amines) is 1. The first-order valence-electron chi connectivity index (χ1n) is 13.9. The third-order valence-corrected chi connectivity index (χ3v) is 7.98. The van der Waals surface area contributed by atoms with Crippen LogP contribution in [-0.2, 0) is 19.5 Å². The molecule has 1 aromatic heterocycles. The fraction of sp³-hybridized carbons (Fsp3) is 0.533. The average Bonchev–Trinajstić information content (AvgIpc) is 3.69. The quantitative estimate of drug-likeness (QED) is 0.319. The lowest BCUT2D eigenvalue weighted by atomic mass is 9.91. The maximum Gasteiger partial charge on any atom is 0.407 e. The summed E-state index contributed by atoms with van der Waals surface area (Å²) in [7, 11) is 5.40. The average molecular weight is 538 g/mol. The van der Waals surface area contributed by atoms with E-state index in [-0.39, 0.29) is 0 Å². The molecule has 1 aliphatic heterocycles. The number of benzene rings is 2. The zero-order valence-electron chi connectivity index (χ0n) is 23.1. The molecule has 2 fully saturated rings. The van der Waals surface area contributed by atoms with E-state index in [1.165, 1.54) is 17.7 Å². The third kappa shape index (κ3) is 6.58. The second-order valence-corrected chi connectivity index (χ2v) is 10.9. The molecule has 1 amide bonds. The summed E-state index contributed by atoms with van der Waals surface area (Å²) in [6.45, 7) is 3.26. The summed E-state index contributed by atoms with van der Waals surface area (Å²) in [6.07, 6.45) is 5.21. The zero-order chi connectivity index (χ0) is 27.4. The molecule has 0 bridgehead atoms. The van der Waals surface area contributed by atoms with Crippen molar-refractivity contribution in [2.75, 3.05) is 41.0 Å². The van der Waals surface area contributed by atoms with E-state index in [1.54, 1.807) is 14.2 Å². The molecule has 0 radical (unpaired) electrons. The van der Waals surface area contributed by atoms with Gasteiger partial charge in [-0.1, -0.05) is 11.2 Å². The number of ether oxygens (including phenoxy) is 3. The third-order valence-electron chi connectivity index (χ3n) is 7.98. The molecule has 9 heteroatoms. The van der Waals surface area contributed by atoms with Crippen LogP contribution in [0.2, 0.25) is 0 Å². The number of carboxylic acid groups (broad SMARTS) is 1. The Balaban J connectivity index is 1.32. The van der Waals surface area contributed by atoms with Gasteiger partial charge in [-0.3, -0.25) is 4.90 Å². The van der Waals surface area contributed by atoms with E-state index in [2.05, 4.69) is 29.2 Å². The van der Waals surface area contributed by atoms with Crippen molar-refractivity contribution < 1.29 is 28.6 Å². The minimum absolute atomic E-state index is 0.499. The van der Waals surface area contributed by atoms with E-state index in [4.69, 9.17) is 18.7 Å². The Labute approximate surface area is 229 Å². The van der Waals surface area contributed by atoms with Gasteiger partial charge in [0.1, 0.15) is 17.2 Å². The van der Waals surface area contributed by atoms with Crippen LogP contribution in [0.15, 0.2) is 34.9 Å². The first-order valence-corrected chi connectivity index (χ1v) is 13.9. The summed E-state index contributed by atoms with van der Waals surface area (Å²) in [6, 6.07) is 10.0. The number of hydrogen-bond acceptors (Lipinski definition) is 7. The van der Waals surface area contributed by atoms with Crippen molar-refractivity contribution in [3.05, 3.63) is 47.2 Å². The van der Waals surface area contributed by atoms with Crippen LogP contribution in [0, 0.1) is 11.8 Å². The summed E-state index contributed by atoms with van der Waals surface area (Å²) in [4.78, 5) is 14.9. The Morgan fingerprint density at radius 3 is 2.54 bits per heavy atom. The zero-order valence-corrected chi connectivity index (χ0v) is 23.1. The van der Waals surface area contributed by atoms with Crippen molar-refractivity contribution in [2.24, 2.45) is 11.8 Å². The Hall–Kier alpha value is -3.46. The molecule has 2 aliphatic rings. The highest BCUT2D eigenvalue weighted by Crippen LogP contribution is 2.36. The van der Waals surface area contributed by atoms with Crippen LogP contribution < -0.4 is 14.2 Å². The summed E-state index contributed by atoms with van der Waals surface area (Å²) in [5.41, 5.74) is 3.82. The normalized spacial score (nSPS) is 16.2.